The zero-order valence-electron chi connectivity index (χ0n) is 21.6. The number of nitrogens with one attached hydrogen (secondary N) is 1. The van der Waals surface area contributed by atoms with Crippen LogP contribution in [0.3, 0.4) is 0 Å². The van der Waals surface area contributed by atoms with Gasteiger partial charge in [-0.25, -0.2) is 0 Å². The zero-order chi connectivity index (χ0) is 26.3. The van der Waals surface area contributed by atoms with Gasteiger partial charge in [0.2, 0.25) is 0 Å². The molecule has 0 aliphatic heterocycles. The lowest BCUT2D eigenvalue weighted by Gasteiger charge is -2.29. The average Bonchev–Trinajstić information content (AvgIpc) is 3.00. The molecule has 0 amide bonds. The standard InChI is InChI=1S/C36H29N3/c1-5-15-29(16-6-1)37-30-17-13-24-34(27-30)39(33-22-11-4-12-23-33)36-26-14-25-35(28-36)38(31-18-7-2-8-19-31)32-20-9-3-10-21-32/h1-28,37H. The molecule has 0 spiro atoms. The predicted octanol–water partition coefficient (Wildman–Crippen LogP) is 10.4. The fraction of sp³-hybridized carbons (Fsp3) is 0. The van der Waals surface area contributed by atoms with Gasteiger partial charge in [0.15, 0.2) is 0 Å². The number of hydrogen-bond acceptors (Lipinski definition) is 3. The van der Waals surface area contributed by atoms with Crippen molar-refractivity contribution in [3.8, 4) is 0 Å². The maximum absolute atomic E-state index is 3.54. The summed E-state index contributed by atoms with van der Waals surface area (Å²) in [7, 11) is 0. The SMILES string of the molecule is c1ccc(Nc2cccc(N(c3ccccc3)c3cccc(N(c4ccccc4)c4ccccc4)c3)c2)cc1. The molecule has 0 aliphatic rings. The average molecular weight is 504 g/mol. The van der Waals surface area contributed by atoms with Crippen molar-refractivity contribution >= 4 is 45.5 Å². The molecule has 0 fully saturated rings. The van der Waals surface area contributed by atoms with Crippen molar-refractivity contribution in [2.24, 2.45) is 0 Å². The van der Waals surface area contributed by atoms with Crippen molar-refractivity contribution < 1.29 is 0 Å². The van der Waals surface area contributed by atoms with Gasteiger partial charge in [-0.2, -0.15) is 0 Å². The van der Waals surface area contributed by atoms with E-state index in [1.54, 1.807) is 0 Å². The van der Waals surface area contributed by atoms with E-state index in [4.69, 9.17) is 0 Å². The van der Waals surface area contributed by atoms with Crippen LogP contribution in [0.1, 0.15) is 0 Å². The van der Waals surface area contributed by atoms with Crippen LogP contribution in [0.15, 0.2) is 170 Å². The molecule has 0 bridgehead atoms. The largest absolute Gasteiger partial charge is 0.355 e. The first-order valence-electron chi connectivity index (χ1n) is 13.1. The number of hydrogen-bond donors (Lipinski definition) is 1. The van der Waals surface area contributed by atoms with E-state index in [0.717, 1.165) is 45.5 Å². The number of nitrogens with zero attached hydrogens (tertiary/aromatic N) is 2. The molecule has 0 aromatic heterocycles. The smallest absolute Gasteiger partial charge is 0.0482 e. The first-order chi connectivity index (χ1) is 19.3. The van der Waals surface area contributed by atoms with Gasteiger partial charge in [-0.3, -0.25) is 0 Å². The molecule has 0 radical (unpaired) electrons. The van der Waals surface area contributed by atoms with Gasteiger partial charge in [-0.1, -0.05) is 84.9 Å². The molecule has 6 rings (SSSR count). The minimum Gasteiger partial charge on any atom is -0.355 e. The number of rotatable bonds is 8. The second-order valence-electron chi connectivity index (χ2n) is 9.24. The third-order valence-electron chi connectivity index (χ3n) is 6.56. The quantitative estimate of drug-likeness (QED) is 0.223. The van der Waals surface area contributed by atoms with Crippen molar-refractivity contribution in [3.63, 3.8) is 0 Å². The van der Waals surface area contributed by atoms with Crippen molar-refractivity contribution in [2.45, 2.75) is 0 Å². The van der Waals surface area contributed by atoms with Crippen LogP contribution in [0.4, 0.5) is 45.5 Å². The molecule has 0 saturated heterocycles. The summed E-state index contributed by atoms with van der Waals surface area (Å²) in [5.74, 6) is 0. The second-order valence-corrected chi connectivity index (χ2v) is 9.24. The highest BCUT2D eigenvalue weighted by molar-refractivity contribution is 5.83. The summed E-state index contributed by atoms with van der Waals surface area (Å²) in [6.07, 6.45) is 0. The summed E-state index contributed by atoms with van der Waals surface area (Å²) in [5.41, 5.74) is 8.65. The highest BCUT2D eigenvalue weighted by Crippen LogP contribution is 2.40. The lowest BCUT2D eigenvalue weighted by Crippen LogP contribution is -2.13. The van der Waals surface area contributed by atoms with Crippen molar-refractivity contribution in [1.82, 2.24) is 0 Å². The molecule has 3 nitrogen and oxygen atoms in total. The van der Waals surface area contributed by atoms with Gasteiger partial charge in [0.05, 0.1) is 0 Å². The summed E-state index contributed by atoms with van der Waals surface area (Å²) in [4.78, 5) is 4.59. The molecule has 6 aromatic carbocycles. The zero-order valence-corrected chi connectivity index (χ0v) is 21.6. The first kappa shape index (κ1) is 24.1. The van der Waals surface area contributed by atoms with Crippen molar-refractivity contribution in [2.75, 3.05) is 15.1 Å². The minimum absolute atomic E-state index is 1.03. The molecule has 0 atom stereocenters. The van der Waals surface area contributed by atoms with Crippen LogP contribution >= 0.6 is 0 Å². The van der Waals surface area contributed by atoms with Crippen LogP contribution < -0.4 is 15.1 Å². The van der Waals surface area contributed by atoms with Crippen molar-refractivity contribution in [3.05, 3.63) is 170 Å². The summed E-state index contributed by atoms with van der Waals surface area (Å²) in [5, 5.41) is 3.54. The Morgan fingerprint density at radius 3 is 1.10 bits per heavy atom. The molecule has 188 valence electrons. The van der Waals surface area contributed by atoms with Crippen LogP contribution in [0.25, 0.3) is 0 Å². The Bertz CT molecular complexity index is 1580. The second kappa shape index (κ2) is 11.4. The molecule has 0 saturated carbocycles. The molecule has 0 unspecified atom stereocenters. The van der Waals surface area contributed by atoms with Gasteiger partial charge in [-0.05, 0) is 84.9 Å². The molecule has 6 aromatic rings. The summed E-state index contributed by atoms with van der Waals surface area (Å²) < 4.78 is 0. The van der Waals surface area contributed by atoms with Gasteiger partial charge < -0.3 is 15.1 Å². The van der Waals surface area contributed by atoms with E-state index >= 15 is 0 Å². The van der Waals surface area contributed by atoms with E-state index in [1.807, 2.05) is 18.2 Å². The fourth-order valence-electron chi connectivity index (χ4n) is 4.81. The predicted molar refractivity (Wildman–Crippen MR) is 166 cm³/mol. The van der Waals surface area contributed by atoms with Crippen LogP contribution in [-0.2, 0) is 0 Å². The maximum atomic E-state index is 3.54. The number of anilines is 8. The molecule has 1 N–H and O–H groups in total. The maximum Gasteiger partial charge on any atom is 0.0482 e. The Hall–Kier alpha value is -5.28. The molecule has 39 heavy (non-hydrogen) atoms. The number of benzene rings is 6. The summed E-state index contributed by atoms with van der Waals surface area (Å²) in [6, 6.07) is 59.1. The summed E-state index contributed by atoms with van der Waals surface area (Å²) in [6.45, 7) is 0. The third-order valence-corrected chi connectivity index (χ3v) is 6.56. The van der Waals surface area contributed by atoms with E-state index in [0.29, 0.717) is 0 Å². The van der Waals surface area contributed by atoms with Gasteiger partial charge in [-0.15, -0.1) is 0 Å². The first-order valence-corrected chi connectivity index (χ1v) is 13.1. The van der Waals surface area contributed by atoms with Crippen LogP contribution in [-0.4, -0.2) is 0 Å². The normalized spacial score (nSPS) is 10.6. The van der Waals surface area contributed by atoms with E-state index in [9.17, 15) is 0 Å². The van der Waals surface area contributed by atoms with Gasteiger partial charge in [0.25, 0.3) is 0 Å². The van der Waals surface area contributed by atoms with Crippen molar-refractivity contribution in [1.29, 1.82) is 0 Å². The molecule has 0 aliphatic carbocycles. The molecule has 0 heterocycles. The topological polar surface area (TPSA) is 18.5 Å². The van der Waals surface area contributed by atoms with Crippen LogP contribution in [0, 0.1) is 0 Å². The number of para-hydroxylation sites is 4. The third kappa shape index (κ3) is 5.53. The monoisotopic (exact) mass is 503 g/mol. The van der Waals surface area contributed by atoms with Gasteiger partial charge >= 0.3 is 0 Å². The van der Waals surface area contributed by atoms with Crippen LogP contribution in [0.5, 0.6) is 0 Å². The molecular weight excluding hydrogens is 474 g/mol. The van der Waals surface area contributed by atoms with E-state index in [-0.39, 0.29) is 0 Å². The summed E-state index contributed by atoms with van der Waals surface area (Å²) >= 11 is 0. The van der Waals surface area contributed by atoms with Crippen LogP contribution in [0.2, 0.25) is 0 Å². The lowest BCUT2D eigenvalue weighted by molar-refractivity contribution is 1.25. The molecule has 3 heteroatoms. The highest BCUT2D eigenvalue weighted by atomic mass is 15.2. The Balaban J connectivity index is 1.44. The molecular formula is C36H29N3. The Morgan fingerprint density at radius 2 is 0.615 bits per heavy atom. The lowest BCUT2D eigenvalue weighted by atomic mass is 10.1. The minimum atomic E-state index is 1.03. The fourth-order valence-corrected chi connectivity index (χ4v) is 4.81. The van der Waals surface area contributed by atoms with Gasteiger partial charge in [0, 0.05) is 45.5 Å². The Kier molecular flexibility index (Phi) is 7.04. The van der Waals surface area contributed by atoms with E-state index < -0.39 is 0 Å². The van der Waals surface area contributed by atoms with E-state index in [1.165, 1.54) is 0 Å². The Labute approximate surface area is 230 Å². The Morgan fingerprint density at radius 1 is 0.282 bits per heavy atom. The van der Waals surface area contributed by atoms with E-state index in [2.05, 4.69) is 167 Å². The highest BCUT2D eigenvalue weighted by Gasteiger charge is 2.17. The van der Waals surface area contributed by atoms with Gasteiger partial charge in [0.1, 0.15) is 0 Å².